The van der Waals surface area contributed by atoms with E-state index in [0.29, 0.717) is 12.4 Å². The van der Waals surface area contributed by atoms with Crippen molar-refractivity contribution in [1.29, 1.82) is 0 Å². The first-order chi connectivity index (χ1) is 6.31. The van der Waals surface area contributed by atoms with Gasteiger partial charge in [-0.05, 0) is 0 Å². The molecule has 6 heteroatoms. The van der Waals surface area contributed by atoms with Gasteiger partial charge in [0.1, 0.15) is 0 Å². The van der Waals surface area contributed by atoms with Crippen LogP contribution in [0.15, 0.2) is 0 Å². The Balaban J connectivity index is 2.50. The number of hydrogen-bond acceptors (Lipinski definition) is 4. The normalized spacial score (nSPS) is 15.1. The van der Waals surface area contributed by atoms with Crippen molar-refractivity contribution in [3.8, 4) is 5.88 Å². The van der Waals surface area contributed by atoms with Crippen LogP contribution in [0.3, 0.4) is 0 Å². The minimum atomic E-state index is 0.209. The lowest BCUT2D eigenvalue weighted by atomic mass is 10.1. The number of fused-ring (bicyclic) bond motifs is 1. The van der Waals surface area contributed by atoms with E-state index in [1.807, 2.05) is 0 Å². The maximum Gasteiger partial charge on any atom is 0.376 e. The average molecular weight is 171 g/mol. The average Bonchev–Trinajstić information content (AvgIpc) is 2.16. The summed E-state index contributed by atoms with van der Waals surface area (Å²) in [6.45, 7) is 1.58. The topological polar surface area (TPSA) is 47.0 Å². The van der Waals surface area contributed by atoms with Crippen LogP contribution in [0.1, 0.15) is 11.3 Å². The van der Waals surface area contributed by atoms with Gasteiger partial charge < -0.3 is 9.97 Å². The summed E-state index contributed by atoms with van der Waals surface area (Å²) in [5.74, 6) is 0.370. The van der Waals surface area contributed by atoms with Crippen molar-refractivity contribution in [2.24, 2.45) is 0 Å². The molecule has 0 amide bonds. The predicted molar refractivity (Wildman–Crippen MR) is 49.2 cm³/mol. The molecule has 0 aromatic carbocycles. The third-order valence-corrected chi connectivity index (χ3v) is 2.02. The van der Waals surface area contributed by atoms with E-state index < -0.39 is 0 Å². The minimum absolute atomic E-state index is 0.209. The molecule has 0 unspecified atom stereocenters. The molecule has 0 spiro atoms. The highest BCUT2D eigenvalue weighted by Crippen LogP contribution is 2.18. The highest BCUT2D eigenvalue weighted by molar-refractivity contribution is 6.29. The second kappa shape index (κ2) is 3.38. The molecule has 0 fully saturated rings. The summed E-state index contributed by atoms with van der Waals surface area (Å²) in [5, 5.41) is 3.18. The van der Waals surface area contributed by atoms with Gasteiger partial charge in [-0.2, -0.15) is 0 Å². The lowest BCUT2D eigenvalue weighted by molar-refractivity contribution is 0.543. The van der Waals surface area contributed by atoms with Crippen LogP contribution in [0.4, 0.5) is 0 Å². The van der Waals surface area contributed by atoms with Crippen LogP contribution in [-0.4, -0.2) is 32.4 Å². The molecule has 0 atom stereocenters. The Morgan fingerprint density at radius 3 is 3.00 bits per heavy atom. The van der Waals surface area contributed by atoms with Crippen LogP contribution < -0.4 is 15.7 Å². The molecule has 13 heavy (non-hydrogen) atoms. The van der Waals surface area contributed by atoms with Gasteiger partial charge in [0, 0.05) is 25.1 Å². The highest BCUT2D eigenvalue weighted by Gasteiger charge is 2.15. The Hall–Kier alpha value is -1.03. The van der Waals surface area contributed by atoms with Crippen LogP contribution >= 0.6 is 0 Å². The number of hydrogen-bond donors (Lipinski definition) is 1. The van der Waals surface area contributed by atoms with Crippen LogP contribution in [0.5, 0.6) is 5.88 Å². The van der Waals surface area contributed by atoms with E-state index in [-0.39, 0.29) is 5.72 Å². The molecule has 0 saturated heterocycles. The van der Waals surface area contributed by atoms with E-state index in [1.54, 1.807) is 0 Å². The van der Waals surface area contributed by atoms with Gasteiger partial charge in [0.05, 0.1) is 11.4 Å². The predicted octanol–water partition coefficient (Wildman–Crippen LogP) is -1.62. The monoisotopic (exact) mass is 171 g/mol. The maximum atomic E-state index is 5.48. The van der Waals surface area contributed by atoms with Crippen LogP contribution in [0.2, 0.25) is 0 Å². The van der Waals surface area contributed by atoms with Crippen molar-refractivity contribution in [1.82, 2.24) is 15.3 Å². The second-order valence-electron chi connectivity index (χ2n) is 2.86. The Morgan fingerprint density at radius 2 is 2.23 bits per heavy atom. The smallest absolute Gasteiger partial charge is 0.376 e. The molecule has 2 rings (SSSR count). The van der Waals surface area contributed by atoms with Crippen LogP contribution in [0.25, 0.3) is 0 Å². The minimum Gasteiger partial charge on any atom is -0.555 e. The molecule has 1 aliphatic rings. The molecule has 2 heterocycles. The van der Waals surface area contributed by atoms with Crippen molar-refractivity contribution in [3.05, 3.63) is 11.3 Å². The first-order valence-electron chi connectivity index (χ1n) is 4.04. The van der Waals surface area contributed by atoms with E-state index in [0.717, 1.165) is 24.2 Å². The van der Waals surface area contributed by atoms with Crippen molar-refractivity contribution >= 4 is 21.6 Å². The van der Waals surface area contributed by atoms with E-state index >= 15 is 0 Å². The van der Waals surface area contributed by atoms with Crippen LogP contribution in [-0.2, 0) is 13.0 Å². The first kappa shape index (κ1) is 8.56. The first-order valence-corrected chi connectivity index (χ1v) is 4.04. The molecule has 1 N–H and O–H groups in total. The van der Waals surface area contributed by atoms with E-state index in [2.05, 4.69) is 19.9 Å². The molecule has 4 nitrogen and oxygen atoms in total. The maximum absolute atomic E-state index is 5.48. The molecule has 0 saturated carbocycles. The van der Waals surface area contributed by atoms with Gasteiger partial charge >= 0.3 is 8.05 Å². The second-order valence-corrected chi connectivity index (χ2v) is 2.86. The number of aromatic nitrogens is 2. The lowest BCUT2D eigenvalue weighted by Gasteiger charge is -2.18. The zero-order valence-electron chi connectivity index (χ0n) is 7.08. The van der Waals surface area contributed by atoms with E-state index in [4.69, 9.17) is 15.9 Å². The van der Waals surface area contributed by atoms with Crippen molar-refractivity contribution in [3.63, 3.8) is 0 Å². The summed E-state index contributed by atoms with van der Waals surface area (Å²) >= 11 is 0. The summed E-state index contributed by atoms with van der Waals surface area (Å²) in [5.41, 5.74) is 2.04. The fourth-order valence-corrected chi connectivity index (χ4v) is 1.43. The molecule has 0 bridgehead atoms. The Labute approximate surface area is 79.0 Å². The van der Waals surface area contributed by atoms with Gasteiger partial charge in [-0.3, -0.25) is 0 Å². The molecular formula is C7H7B2N3O. The van der Waals surface area contributed by atoms with E-state index in [1.165, 1.54) is 0 Å². The summed E-state index contributed by atoms with van der Waals surface area (Å²) < 4.78 is 4.62. The fourth-order valence-electron chi connectivity index (χ4n) is 1.43. The Morgan fingerprint density at radius 1 is 1.38 bits per heavy atom. The summed E-state index contributed by atoms with van der Waals surface area (Å²) in [7, 11) is 10.5. The molecule has 1 aromatic rings. The fraction of sp³-hybridized carbons (Fsp3) is 0.429. The van der Waals surface area contributed by atoms with Crippen molar-refractivity contribution < 1.29 is 4.65 Å². The van der Waals surface area contributed by atoms with Gasteiger partial charge in [-0.1, -0.05) is 0 Å². The summed E-state index contributed by atoms with van der Waals surface area (Å²) in [4.78, 5) is 8.00. The van der Waals surface area contributed by atoms with Gasteiger partial charge in [0.15, 0.2) is 7.85 Å². The summed E-state index contributed by atoms with van der Waals surface area (Å²) in [6, 6.07) is 0. The van der Waals surface area contributed by atoms with Crippen LogP contribution in [0, 0.1) is 0 Å². The van der Waals surface area contributed by atoms with Crippen molar-refractivity contribution in [2.45, 2.75) is 13.0 Å². The third kappa shape index (κ3) is 1.54. The molecule has 1 aliphatic heterocycles. The Kier molecular flexibility index (Phi) is 2.22. The van der Waals surface area contributed by atoms with Gasteiger partial charge in [-0.15, -0.1) is 0 Å². The van der Waals surface area contributed by atoms with E-state index in [9.17, 15) is 0 Å². The lowest BCUT2D eigenvalue weighted by Crippen LogP contribution is -2.29. The van der Waals surface area contributed by atoms with Crippen molar-refractivity contribution in [2.75, 3.05) is 6.54 Å². The summed E-state index contributed by atoms with van der Waals surface area (Å²) in [6.07, 6.45) is 0.832. The number of rotatable bonds is 1. The van der Waals surface area contributed by atoms with Gasteiger partial charge in [-0.25, -0.2) is 9.97 Å². The van der Waals surface area contributed by atoms with Gasteiger partial charge in [0.2, 0.25) is 5.88 Å². The molecule has 1 aromatic heterocycles. The standard InChI is InChI=1S/C7H7B2N3O/c8-7-11-5-1-2-10-3-4(5)6(12-7)13-9/h10H,1-3H2. The zero-order chi connectivity index (χ0) is 9.26. The largest absolute Gasteiger partial charge is 0.555 e. The third-order valence-electron chi connectivity index (χ3n) is 2.02. The van der Waals surface area contributed by atoms with Gasteiger partial charge in [0.25, 0.3) is 0 Å². The quantitative estimate of drug-likeness (QED) is 0.515. The highest BCUT2D eigenvalue weighted by atomic mass is 16.4. The molecule has 4 radical (unpaired) electrons. The SMILES string of the molecule is [B]Oc1nc([B])nc2c1CNCC2. The molecule has 0 aliphatic carbocycles. The number of nitrogens with zero attached hydrogens (tertiary/aromatic N) is 2. The molecule has 62 valence electrons. The molecular weight excluding hydrogens is 164 g/mol. The Bertz CT molecular complexity index is 315. The zero-order valence-corrected chi connectivity index (χ0v) is 7.08. The number of nitrogens with one attached hydrogen (secondary N) is 1.